The molecule has 7 nitrogen and oxygen atoms in total. The molecule has 1 saturated heterocycles. The van der Waals surface area contributed by atoms with Gasteiger partial charge in [-0.3, -0.25) is 9.59 Å². The lowest BCUT2D eigenvalue weighted by Crippen LogP contribution is -2.45. The van der Waals surface area contributed by atoms with E-state index in [2.05, 4.69) is 10.6 Å². The summed E-state index contributed by atoms with van der Waals surface area (Å²) in [4.78, 5) is 24.2. The predicted octanol–water partition coefficient (Wildman–Crippen LogP) is 1.73. The molecule has 0 unspecified atom stereocenters. The molecule has 0 aromatic heterocycles. The average molecular weight is 405 g/mol. The highest BCUT2D eigenvalue weighted by Crippen LogP contribution is 2.25. The number of nitrogens with zero attached hydrogens (tertiary/aromatic N) is 1. The summed E-state index contributed by atoms with van der Waals surface area (Å²) >= 11 is 0. The summed E-state index contributed by atoms with van der Waals surface area (Å²) in [6.45, 7) is 0.342. The fourth-order valence-electron chi connectivity index (χ4n) is 3.09. The van der Waals surface area contributed by atoms with Gasteiger partial charge in [0.15, 0.2) is 0 Å². The lowest BCUT2D eigenvalue weighted by atomic mass is 10.2. The highest BCUT2D eigenvalue weighted by atomic mass is 32.2. The van der Waals surface area contributed by atoms with E-state index in [1.54, 1.807) is 18.2 Å². The summed E-state index contributed by atoms with van der Waals surface area (Å²) in [5, 5.41) is 4.63. The van der Waals surface area contributed by atoms with Crippen LogP contribution in [0, 0.1) is 5.82 Å². The first-order valence-electron chi connectivity index (χ1n) is 8.80. The topological polar surface area (TPSA) is 95.6 Å². The molecule has 1 atom stereocenters. The van der Waals surface area contributed by atoms with Crippen LogP contribution in [-0.2, 0) is 19.6 Å². The maximum atomic E-state index is 13.6. The normalized spacial score (nSPS) is 17.2. The number of rotatable bonds is 5. The summed E-state index contributed by atoms with van der Waals surface area (Å²) < 4.78 is 40.5. The van der Waals surface area contributed by atoms with Crippen molar-refractivity contribution in [2.45, 2.75) is 23.8 Å². The van der Waals surface area contributed by atoms with Crippen LogP contribution in [0.5, 0.6) is 0 Å². The van der Waals surface area contributed by atoms with Crippen molar-refractivity contribution in [1.82, 2.24) is 9.62 Å². The zero-order valence-corrected chi connectivity index (χ0v) is 15.8. The van der Waals surface area contributed by atoms with E-state index >= 15 is 0 Å². The summed E-state index contributed by atoms with van der Waals surface area (Å²) in [6, 6.07) is 13.1. The summed E-state index contributed by atoms with van der Waals surface area (Å²) in [6.07, 6.45) is 1.23. The number of hydrogen-bond donors (Lipinski definition) is 2. The molecule has 1 aliphatic rings. The molecule has 9 heteroatoms. The Morgan fingerprint density at radius 2 is 1.71 bits per heavy atom. The van der Waals surface area contributed by atoms with Gasteiger partial charge in [0.2, 0.25) is 10.0 Å². The van der Waals surface area contributed by atoms with Gasteiger partial charge in [-0.05, 0) is 37.1 Å². The molecule has 1 fully saturated rings. The molecule has 2 N–H and O–H groups in total. The van der Waals surface area contributed by atoms with Crippen LogP contribution in [0.1, 0.15) is 12.8 Å². The van der Waals surface area contributed by atoms with Gasteiger partial charge in [0, 0.05) is 19.1 Å². The van der Waals surface area contributed by atoms with Crippen molar-refractivity contribution < 1.29 is 22.4 Å². The van der Waals surface area contributed by atoms with Gasteiger partial charge in [-0.15, -0.1) is 0 Å². The molecule has 2 amide bonds. The first kappa shape index (κ1) is 20.0. The third-order valence-corrected chi connectivity index (χ3v) is 6.47. The van der Waals surface area contributed by atoms with Crippen LogP contribution in [0.2, 0.25) is 0 Å². The van der Waals surface area contributed by atoms with Crippen LogP contribution < -0.4 is 10.6 Å². The lowest BCUT2D eigenvalue weighted by molar-refractivity contribution is -0.136. The minimum Gasteiger partial charge on any atom is -0.346 e. The second-order valence-electron chi connectivity index (χ2n) is 6.37. The van der Waals surface area contributed by atoms with Gasteiger partial charge in [0.25, 0.3) is 0 Å². The number of sulfonamides is 1. The molecule has 2 aromatic carbocycles. The van der Waals surface area contributed by atoms with Crippen LogP contribution in [0.3, 0.4) is 0 Å². The third kappa shape index (κ3) is 4.37. The Morgan fingerprint density at radius 1 is 1.04 bits per heavy atom. The van der Waals surface area contributed by atoms with E-state index in [1.165, 1.54) is 40.7 Å². The first-order chi connectivity index (χ1) is 13.4. The second kappa shape index (κ2) is 8.49. The van der Waals surface area contributed by atoms with Crippen molar-refractivity contribution in [2.24, 2.45) is 0 Å². The van der Waals surface area contributed by atoms with Crippen molar-refractivity contribution in [1.29, 1.82) is 0 Å². The third-order valence-electron chi connectivity index (χ3n) is 4.50. The van der Waals surface area contributed by atoms with E-state index in [4.69, 9.17) is 0 Å². The summed E-state index contributed by atoms with van der Waals surface area (Å²) in [5.41, 5.74) is -0.100. The molecule has 28 heavy (non-hydrogen) atoms. The van der Waals surface area contributed by atoms with E-state index in [9.17, 15) is 22.4 Å². The lowest BCUT2D eigenvalue weighted by Gasteiger charge is -2.24. The van der Waals surface area contributed by atoms with Crippen molar-refractivity contribution in [3.8, 4) is 0 Å². The average Bonchev–Trinajstić information content (AvgIpc) is 3.18. The molecule has 1 aliphatic heterocycles. The van der Waals surface area contributed by atoms with Gasteiger partial charge in [-0.25, -0.2) is 12.8 Å². The van der Waals surface area contributed by atoms with Gasteiger partial charge >= 0.3 is 11.8 Å². The molecule has 0 saturated carbocycles. The van der Waals surface area contributed by atoms with Crippen molar-refractivity contribution >= 4 is 27.5 Å². The van der Waals surface area contributed by atoms with E-state index < -0.39 is 33.7 Å². The van der Waals surface area contributed by atoms with Gasteiger partial charge in [-0.1, -0.05) is 30.3 Å². The zero-order chi connectivity index (χ0) is 20.1. The van der Waals surface area contributed by atoms with Crippen LogP contribution in [-0.4, -0.2) is 43.7 Å². The number of para-hydroxylation sites is 1. The van der Waals surface area contributed by atoms with Crippen molar-refractivity contribution in [2.75, 3.05) is 18.4 Å². The minimum atomic E-state index is -3.68. The highest BCUT2D eigenvalue weighted by molar-refractivity contribution is 7.89. The van der Waals surface area contributed by atoms with E-state index in [-0.39, 0.29) is 17.1 Å². The number of benzene rings is 2. The van der Waals surface area contributed by atoms with E-state index in [1.807, 2.05) is 0 Å². The number of nitrogens with one attached hydrogen (secondary N) is 2. The Labute approximate surface area is 162 Å². The van der Waals surface area contributed by atoms with Crippen molar-refractivity contribution in [3.63, 3.8) is 0 Å². The van der Waals surface area contributed by atoms with Crippen LogP contribution in [0.15, 0.2) is 59.5 Å². The minimum absolute atomic E-state index is 0.00438. The molecule has 148 valence electrons. The molecule has 0 bridgehead atoms. The smallest absolute Gasteiger partial charge is 0.313 e. The van der Waals surface area contributed by atoms with Gasteiger partial charge in [0.1, 0.15) is 5.82 Å². The molecular weight excluding hydrogens is 385 g/mol. The van der Waals surface area contributed by atoms with Crippen LogP contribution in [0.4, 0.5) is 10.1 Å². The van der Waals surface area contributed by atoms with Crippen LogP contribution >= 0.6 is 0 Å². The number of amides is 2. The van der Waals surface area contributed by atoms with E-state index in [0.717, 1.165) is 0 Å². The SMILES string of the molecule is O=C(NC[C@@H]1CCCN1S(=O)(=O)c1ccccc1)C(=O)Nc1ccccc1F. The number of hydrogen-bond acceptors (Lipinski definition) is 4. The molecule has 0 radical (unpaired) electrons. The Balaban J connectivity index is 1.61. The predicted molar refractivity (Wildman–Crippen MR) is 101 cm³/mol. The quantitative estimate of drug-likeness (QED) is 0.741. The summed E-state index contributed by atoms with van der Waals surface area (Å²) in [5.74, 6) is -2.62. The Hall–Kier alpha value is -2.78. The van der Waals surface area contributed by atoms with E-state index in [0.29, 0.717) is 19.4 Å². The maximum absolute atomic E-state index is 13.6. The van der Waals surface area contributed by atoms with Gasteiger partial charge < -0.3 is 10.6 Å². The van der Waals surface area contributed by atoms with Crippen LogP contribution in [0.25, 0.3) is 0 Å². The van der Waals surface area contributed by atoms with Gasteiger partial charge in [-0.2, -0.15) is 4.31 Å². The Bertz CT molecular complexity index is 966. The summed E-state index contributed by atoms with van der Waals surface area (Å²) in [7, 11) is -3.68. The standard InChI is InChI=1S/C19H20FN3O4S/c20-16-10-4-5-11-17(16)22-19(25)18(24)21-13-14-7-6-12-23(14)28(26,27)15-8-2-1-3-9-15/h1-5,8-11,14H,6-7,12-13H2,(H,21,24)(H,22,25)/t14-/m0/s1. The van der Waals surface area contributed by atoms with Gasteiger partial charge in [0.05, 0.1) is 10.6 Å². The number of carbonyl (C=O) groups is 2. The fourth-order valence-corrected chi connectivity index (χ4v) is 4.80. The Morgan fingerprint density at radius 3 is 2.43 bits per heavy atom. The molecule has 0 spiro atoms. The second-order valence-corrected chi connectivity index (χ2v) is 8.26. The molecule has 3 rings (SSSR count). The molecule has 2 aromatic rings. The first-order valence-corrected chi connectivity index (χ1v) is 10.2. The largest absolute Gasteiger partial charge is 0.346 e. The fraction of sp³-hybridized carbons (Fsp3) is 0.263. The maximum Gasteiger partial charge on any atom is 0.313 e. The zero-order valence-electron chi connectivity index (χ0n) is 15.0. The number of halogens is 1. The highest BCUT2D eigenvalue weighted by Gasteiger charge is 2.35. The number of carbonyl (C=O) groups excluding carboxylic acids is 2. The molecular formula is C19H20FN3O4S. The molecule has 1 heterocycles. The monoisotopic (exact) mass is 405 g/mol. The van der Waals surface area contributed by atoms with Crippen molar-refractivity contribution in [3.05, 3.63) is 60.4 Å². The molecule has 0 aliphatic carbocycles. The Kier molecular flexibility index (Phi) is 6.05. The number of anilines is 1.